The van der Waals surface area contributed by atoms with Crippen LogP contribution in [0.3, 0.4) is 0 Å². The summed E-state index contributed by atoms with van der Waals surface area (Å²) in [6.45, 7) is 2.02. The van der Waals surface area contributed by atoms with Gasteiger partial charge < -0.3 is 15.3 Å². The van der Waals surface area contributed by atoms with Gasteiger partial charge in [0.05, 0.1) is 0 Å². The Morgan fingerprint density at radius 2 is 2.05 bits per heavy atom. The lowest BCUT2D eigenvalue weighted by Crippen LogP contribution is -2.23. The summed E-state index contributed by atoms with van der Waals surface area (Å²) in [5, 5.41) is 12.2. The number of anilines is 1. The van der Waals surface area contributed by atoms with Gasteiger partial charge in [-0.1, -0.05) is 24.3 Å². The Kier molecular flexibility index (Phi) is 2.45. The summed E-state index contributed by atoms with van der Waals surface area (Å²) in [7, 11) is 0. The maximum absolute atomic E-state index is 11.2. The molecule has 0 saturated heterocycles. The first-order valence-corrected chi connectivity index (χ1v) is 7.19. The van der Waals surface area contributed by atoms with E-state index >= 15 is 0 Å². The van der Waals surface area contributed by atoms with Crippen LogP contribution in [0.1, 0.15) is 28.9 Å². The van der Waals surface area contributed by atoms with Crippen molar-refractivity contribution in [2.75, 3.05) is 5.73 Å². The van der Waals surface area contributed by atoms with Crippen molar-refractivity contribution in [2.45, 2.75) is 25.4 Å². The van der Waals surface area contributed by atoms with Crippen molar-refractivity contribution in [1.82, 2.24) is 0 Å². The lowest BCUT2D eigenvalue weighted by molar-refractivity contribution is 0.0605. The number of furan rings is 1. The van der Waals surface area contributed by atoms with Crippen LogP contribution in [0.2, 0.25) is 0 Å². The zero-order valence-corrected chi connectivity index (χ0v) is 11.9. The van der Waals surface area contributed by atoms with Crippen molar-refractivity contribution in [1.29, 1.82) is 0 Å². The predicted octanol–water partition coefficient (Wildman–Crippen LogP) is 3.51. The molecule has 0 bridgehead atoms. The summed E-state index contributed by atoms with van der Waals surface area (Å²) in [4.78, 5) is 0. The lowest BCUT2D eigenvalue weighted by atomic mass is 9.93. The largest absolute Gasteiger partial charge is 0.457 e. The summed E-state index contributed by atoms with van der Waals surface area (Å²) in [6.07, 6.45) is 1.44. The van der Waals surface area contributed by atoms with Crippen molar-refractivity contribution < 1.29 is 9.52 Å². The van der Waals surface area contributed by atoms with Gasteiger partial charge in [0.25, 0.3) is 0 Å². The summed E-state index contributed by atoms with van der Waals surface area (Å²) in [5.41, 5.74) is 9.47. The van der Waals surface area contributed by atoms with Crippen LogP contribution < -0.4 is 5.73 Å². The number of hydrogen-bond donors (Lipinski definition) is 2. The highest BCUT2D eigenvalue weighted by Crippen LogP contribution is 2.44. The van der Waals surface area contributed by atoms with Gasteiger partial charge in [0, 0.05) is 11.1 Å². The third-order valence-corrected chi connectivity index (χ3v) is 4.48. The summed E-state index contributed by atoms with van der Waals surface area (Å²) in [6, 6.07) is 13.7. The van der Waals surface area contributed by atoms with Crippen LogP contribution in [-0.4, -0.2) is 5.11 Å². The maximum atomic E-state index is 11.2. The van der Waals surface area contributed by atoms with Crippen molar-refractivity contribution in [3.8, 4) is 0 Å². The highest BCUT2D eigenvalue weighted by molar-refractivity contribution is 5.81. The number of hydrogen-bond acceptors (Lipinski definition) is 3. The Bertz CT molecular complexity index is 850. The molecule has 3 N–H and O–H groups in total. The van der Waals surface area contributed by atoms with Gasteiger partial charge in [-0.2, -0.15) is 0 Å². The predicted molar refractivity (Wildman–Crippen MR) is 83.1 cm³/mol. The molecule has 1 unspecified atom stereocenters. The first-order valence-electron chi connectivity index (χ1n) is 7.19. The zero-order chi connectivity index (χ0) is 14.6. The molecule has 4 rings (SSSR count). The van der Waals surface area contributed by atoms with Crippen LogP contribution >= 0.6 is 0 Å². The highest BCUT2D eigenvalue weighted by Gasteiger charge is 2.41. The minimum Gasteiger partial charge on any atom is -0.457 e. The van der Waals surface area contributed by atoms with Gasteiger partial charge >= 0.3 is 0 Å². The average Bonchev–Trinajstić information content (AvgIpc) is 3.03. The van der Waals surface area contributed by atoms with Gasteiger partial charge in [0.2, 0.25) is 0 Å². The molecule has 0 spiro atoms. The molecule has 2 aromatic carbocycles. The molecule has 3 heteroatoms. The minimum absolute atomic E-state index is 0.621. The monoisotopic (exact) mass is 279 g/mol. The molecule has 3 nitrogen and oxygen atoms in total. The fourth-order valence-electron chi connectivity index (χ4n) is 3.34. The molecule has 0 saturated carbocycles. The van der Waals surface area contributed by atoms with Gasteiger partial charge in [-0.25, -0.2) is 0 Å². The molecule has 3 aromatic rings. The second-order valence-electron chi connectivity index (χ2n) is 5.88. The SMILES string of the molecule is Cc1cccc2cc(C3(O)CCc4cc(N)ccc43)oc12. The van der Waals surface area contributed by atoms with Crippen LogP contribution in [0.25, 0.3) is 11.0 Å². The molecular weight excluding hydrogens is 262 g/mol. The molecule has 1 aliphatic rings. The Morgan fingerprint density at radius 3 is 2.86 bits per heavy atom. The molecular formula is C18H17NO2. The molecule has 1 heterocycles. The van der Waals surface area contributed by atoms with Crippen LogP contribution in [0.4, 0.5) is 5.69 Å². The van der Waals surface area contributed by atoms with E-state index in [2.05, 4.69) is 0 Å². The van der Waals surface area contributed by atoms with Crippen LogP contribution in [-0.2, 0) is 12.0 Å². The smallest absolute Gasteiger partial charge is 0.148 e. The maximum Gasteiger partial charge on any atom is 0.148 e. The average molecular weight is 279 g/mol. The van der Waals surface area contributed by atoms with E-state index in [-0.39, 0.29) is 0 Å². The fraction of sp³-hybridized carbons (Fsp3) is 0.222. The molecule has 21 heavy (non-hydrogen) atoms. The number of nitrogens with two attached hydrogens (primary N) is 1. The molecule has 1 aromatic heterocycles. The quantitative estimate of drug-likeness (QED) is 0.670. The number of benzene rings is 2. The molecule has 106 valence electrons. The Hall–Kier alpha value is -2.26. The second-order valence-corrected chi connectivity index (χ2v) is 5.88. The Labute approximate surface area is 123 Å². The number of para-hydroxylation sites is 1. The van der Waals surface area contributed by atoms with Gasteiger partial charge in [0.1, 0.15) is 16.9 Å². The van der Waals surface area contributed by atoms with Crippen molar-refractivity contribution >= 4 is 16.7 Å². The number of aliphatic hydroxyl groups is 1. The molecule has 1 atom stereocenters. The summed E-state index contributed by atoms with van der Waals surface area (Å²) >= 11 is 0. The molecule has 0 amide bonds. The first-order chi connectivity index (χ1) is 10.1. The second kappa shape index (κ2) is 4.12. The third kappa shape index (κ3) is 1.71. The van der Waals surface area contributed by atoms with E-state index in [1.165, 1.54) is 0 Å². The van der Waals surface area contributed by atoms with Crippen molar-refractivity contribution in [3.63, 3.8) is 0 Å². The topological polar surface area (TPSA) is 59.4 Å². The third-order valence-electron chi connectivity index (χ3n) is 4.48. The number of rotatable bonds is 1. The molecule has 0 radical (unpaired) electrons. The van der Waals surface area contributed by atoms with Crippen molar-refractivity contribution in [2.24, 2.45) is 0 Å². The summed E-state index contributed by atoms with van der Waals surface area (Å²) in [5.74, 6) is 0.621. The Balaban J connectivity index is 1.91. The van der Waals surface area contributed by atoms with Crippen LogP contribution in [0.5, 0.6) is 0 Å². The van der Waals surface area contributed by atoms with Gasteiger partial charge in [-0.15, -0.1) is 0 Å². The normalized spacial score (nSPS) is 20.9. The van der Waals surface area contributed by atoms with E-state index in [9.17, 15) is 5.11 Å². The Morgan fingerprint density at radius 1 is 1.19 bits per heavy atom. The van der Waals surface area contributed by atoms with Gasteiger partial charge in [-0.05, 0) is 54.7 Å². The molecule has 0 aliphatic heterocycles. The minimum atomic E-state index is -1.05. The first kappa shape index (κ1) is 12.5. The van der Waals surface area contributed by atoms with E-state index in [1.807, 2.05) is 49.4 Å². The van der Waals surface area contributed by atoms with Crippen LogP contribution in [0, 0.1) is 6.92 Å². The number of aryl methyl sites for hydroxylation is 2. The van der Waals surface area contributed by atoms with E-state index in [0.29, 0.717) is 12.2 Å². The van der Waals surface area contributed by atoms with Gasteiger partial charge in [-0.3, -0.25) is 0 Å². The standard InChI is InChI=1S/C18H17NO2/c1-11-3-2-4-13-10-16(21-17(11)13)18(20)8-7-12-9-14(19)5-6-15(12)18/h2-6,9-10,20H,7-8,19H2,1H3. The van der Waals surface area contributed by atoms with E-state index < -0.39 is 5.60 Å². The van der Waals surface area contributed by atoms with Crippen molar-refractivity contribution in [3.05, 3.63) is 64.9 Å². The number of fused-ring (bicyclic) bond motifs is 2. The van der Waals surface area contributed by atoms with E-state index in [0.717, 1.165) is 39.8 Å². The fourth-order valence-corrected chi connectivity index (χ4v) is 3.34. The van der Waals surface area contributed by atoms with E-state index in [4.69, 9.17) is 10.2 Å². The van der Waals surface area contributed by atoms with Gasteiger partial charge in [0.15, 0.2) is 0 Å². The number of nitrogen functional groups attached to an aromatic ring is 1. The van der Waals surface area contributed by atoms with E-state index in [1.54, 1.807) is 0 Å². The lowest BCUT2D eigenvalue weighted by Gasteiger charge is -2.21. The summed E-state index contributed by atoms with van der Waals surface area (Å²) < 4.78 is 5.99. The van der Waals surface area contributed by atoms with Crippen LogP contribution in [0.15, 0.2) is 46.9 Å². The zero-order valence-electron chi connectivity index (χ0n) is 11.9. The molecule has 1 aliphatic carbocycles. The highest BCUT2D eigenvalue weighted by atomic mass is 16.4. The molecule has 0 fully saturated rings.